The normalized spacial score (nSPS) is 7.10. The molecule has 0 atom stereocenters. The van der Waals surface area contributed by atoms with Gasteiger partial charge in [0.15, 0.2) is 0 Å². The monoisotopic (exact) mass is 335 g/mol. The average Bonchev–Trinajstić information content (AvgIpc) is 2.54. The Kier molecular flexibility index (Phi) is 21.3. The van der Waals surface area contributed by atoms with Gasteiger partial charge in [-0.15, -0.1) is 6.58 Å². The van der Waals surface area contributed by atoms with E-state index in [-0.39, 0.29) is 0 Å². The van der Waals surface area contributed by atoms with Crippen LogP contribution in [0.5, 0.6) is 0 Å². The lowest BCUT2D eigenvalue weighted by Crippen LogP contribution is -1.76. The van der Waals surface area contributed by atoms with Crippen molar-refractivity contribution in [2.45, 2.75) is 13.5 Å². The van der Waals surface area contributed by atoms with E-state index in [1.165, 1.54) is 5.56 Å². The maximum absolute atomic E-state index is 4.43. The minimum absolute atomic E-state index is 0.587. The Bertz CT molecular complexity index is 510. The largest absolute Gasteiger partial charge is 0.233 e. The molecule has 0 bridgehead atoms. The smallest absolute Gasteiger partial charge is 0.0743 e. The van der Waals surface area contributed by atoms with Crippen LogP contribution in [0.15, 0.2) is 58.0 Å². The van der Waals surface area contributed by atoms with E-state index in [0.717, 1.165) is 6.54 Å². The highest BCUT2D eigenvalue weighted by atomic mass is 32.1. The minimum atomic E-state index is 0.587. The van der Waals surface area contributed by atoms with E-state index in [4.69, 9.17) is 0 Å². The van der Waals surface area contributed by atoms with Crippen molar-refractivity contribution in [3.8, 4) is 0 Å². The Morgan fingerprint density at radius 3 is 1.90 bits per heavy atom. The fourth-order valence-electron chi connectivity index (χ4n) is 0.873. The zero-order valence-corrected chi connectivity index (χ0v) is 14.3. The second-order valence-electron chi connectivity index (χ2n) is 3.18. The number of rotatable bonds is 5. The van der Waals surface area contributed by atoms with Crippen LogP contribution in [0.25, 0.3) is 0 Å². The topological polar surface area (TPSA) is 37.1 Å². The second-order valence-corrected chi connectivity index (χ2v) is 3.73. The van der Waals surface area contributed by atoms with Gasteiger partial charge in [0.05, 0.1) is 28.6 Å². The molecule has 110 valence electrons. The molecule has 0 spiro atoms. The van der Waals surface area contributed by atoms with Crippen molar-refractivity contribution in [3.05, 3.63) is 48.6 Å². The molecule has 0 aliphatic rings. The highest BCUT2D eigenvalue weighted by Crippen LogP contribution is 1.98. The summed E-state index contributed by atoms with van der Waals surface area (Å²) < 4.78 is 0. The van der Waals surface area contributed by atoms with Crippen LogP contribution in [-0.4, -0.2) is 28.6 Å². The van der Waals surface area contributed by atoms with Gasteiger partial charge in [0, 0.05) is 6.54 Å². The number of benzene rings is 1. The number of hydrogen-bond donors (Lipinski definition) is 0. The highest BCUT2D eigenvalue weighted by molar-refractivity contribution is 7.78. The van der Waals surface area contributed by atoms with Crippen LogP contribution in [0.4, 0.5) is 0 Å². The van der Waals surface area contributed by atoms with Crippen molar-refractivity contribution >= 4 is 52.1 Å². The molecule has 1 aromatic rings. The molecule has 21 heavy (non-hydrogen) atoms. The third kappa shape index (κ3) is 20.8. The summed E-state index contributed by atoms with van der Waals surface area (Å²) >= 11 is 12.9. The number of hydrogen-bond acceptors (Lipinski definition) is 6. The van der Waals surface area contributed by atoms with E-state index >= 15 is 0 Å². The lowest BCUT2D eigenvalue weighted by molar-refractivity contribution is 1.08. The molecular weight excluding hydrogens is 318 g/mol. The van der Waals surface area contributed by atoms with Gasteiger partial charge in [0.2, 0.25) is 0 Å². The summed E-state index contributed by atoms with van der Waals surface area (Å²) in [6.45, 7) is 7.32. The van der Waals surface area contributed by atoms with Gasteiger partial charge in [-0.05, 0) is 49.1 Å². The molecule has 0 radical (unpaired) electrons. The molecule has 1 aromatic carbocycles. The number of isothiocyanates is 3. The Balaban J connectivity index is 0. The minimum Gasteiger partial charge on any atom is -0.233 e. The summed E-state index contributed by atoms with van der Waals surface area (Å²) in [6, 6.07) is 9.96. The lowest BCUT2D eigenvalue weighted by atomic mass is 10.2. The van der Waals surface area contributed by atoms with Crippen molar-refractivity contribution in [1.29, 1.82) is 0 Å². The van der Waals surface area contributed by atoms with Gasteiger partial charge in [0.25, 0.3) is 0 Å². The molecule has 0 aromatic heterocycles. The van der Waals surface area contributed by atoms with Crippen molar-refractivity contribution in [3.63, 3.8) is 0 Å². The zero-order valence-electron chi connectivity index (χ0n) is 11.9. The number of thiocarbonyl (C=S) groups is 3. The summed E-state index contributed by atoms with van der Waals surface area (Å²) in [5.74, 6) is 0. The van der Waals surface area contributed by atoms with Gasteiger partial charge in [0.1, 0.15) is 0 Å². The van der Waals surface area contributed by atoms with E-state index in [1.54, 1.807) is 6.08 Å². The molecule has 6 heteroatoms. The molecular formula is C15H17N3S3. The Morgan fingerprint density at radius 1 is 1.00 bits per heavy atom. The Morgan fingerprint density at radius 2 is 1.57 bits per heavy atom. The average molecular weight is 336 g/mol. The molecule has 0 aliphatic carbocycles. The van der Waals surface area contributed by atoms with E-state index < -0.39 is 0 Å². The fraction of sp³-hybridized carbons (Fsp3) is 0.267. The molecule has 0 N–H and O–H groups in total. The van der Waals surface area contributed by atoms with Crippen LogP contribution in [-0.2, 0) is 6.54 Å². The Hall–Kier alpha value is -1.64. The first-order chi connectivity index (χ1) is 10.3. The van der Waals surface area contributed by atoms with Crippen LogP contribution < -0.4 is 0 Å². The van der Waals surface area contributed by atoms with E-state index in [9.17, 15) is 0 Å². The van der Waals surface area contributed by atoms with Gasteiger partial charge < -0.3 is 0 Å². The van der Waals surface area contributed by atoms with E-state index in [2.05, 4.69) is 73.7 Å². The third-order valence-corrected chi connectivity index (χ3v) is 2.06. The standard InChI is InChI=1S/C8H7NS.C4H5NS.C3H5NS/c10-7-9-6-8-4-2-1-3-5-8;1-2-3-5-4-6;1-2-4-3-5/h1-5H,6H2;2H,1,3H2;2H2,1H3. The summed E-state index contributed by atoms with van der Waals surface area (Å²) in [6.07, 6.45) is 1.67. The second kappa shape index (κ2) is 20.7. The van der Waals surface area contributed by atoms with Crippen molar-refractivity contribution in [1.82, 2.24) is 0 Å². The third-order valence-electron chi connectivity index (χ3n) is 1.68. The van der Waals surface area contributed by atoms with Crippen LogP contribution in [0, 0.1) is 0 Å². The maximum atomic E-state index is 4.43. The van der Waals surface area contributed by atoms with Crippen molar-refractivity contribution < 1.29 is 0 Å². The molecule has 0 amide bonds. The first-order valence-electron chi connectivity index (χ1n) is 6.02. The van der Waals surface area contributed by atoms with Gasteiger partial charge in [-0.1, -0.05) is 36.4 Å². The maximum Gasteiger partial charge on any atom is 0.0743 e. The zero-order chi connectivity index (χ0) is 16.2. The summed E-state index contributed by atoms with van der Waals surface area (Å²) in [5, 5.41) is 6.76. The van der Waals surface area contributed by atoms with Crippen molar-refractivity contribution in [2.75, 3.05) is 13.1 Å². The SMILES string of the molecule is C=CCN=C=S.CCN=C=S.S=C=NCc1ccccc1. The summed E-state index contributed by atoms with van der Waals surface area (Å²) in [5.41, 5.74) is 1.17. The van der Waals surface area contributed by atoms with E-state index in [1.807, 2.05) is 37.3 Å². The molecule has 3 nitrogen and oxygen atoms in total. The Labute approximate surface area is 142 Å². The van der Waals surface area contributed by atoms with Gasteiger partial charge in [-0.25, -0.2) is 15.0 Å². The van der Waals surface area contributed by atoms with E-state index in [0.29, 0.717) is 13.1 Å². The predicted octanol–water partition coefficient (Wildman–Crippen LogP) is 4.67. The molecule has 0 aliphatic heterocycles. The molecule has 0 heterocycles. The number of nitrogens with zero attached hydrogens (tertiary/aromatic N) is 3. The molecule has 0 fully saturated rings. The van der Waals surface area contributed by atoms with Gasteiger partial charge in [-0.2, -0.15) is 0 Å². The first-order valence-corrected chi connectivity index (χ1v) is 7.24. The first kappa shape index (κ1) is 21.7. The van der Waals surface area contributed by atoms with Crippen LogP contribution >= 0.6 is 36.7 Å². The molecule has 1 rings (SSSR count). The molecule has 0 saturated heterocycles. The summed E-state index contributed by atoms with van der Waals surface area (Å²) in [4.78, 5) is 10.9. The fourth-order valence-corrected chi connectivity index (χ4v) is 1.14. The van der Waals surface area contributed by atoms with Crippen molar-refractivity contribution in [2.24, 2.45) is 15.0 Å². The molecule has 0 saturated carbocycles. The van der Waals surface area contributed by atoms with Crippen LogP contribution in [0.1, 0.15) is 12.5 Å². The molecule has 0 unspecified atom stereocenters. The van der Waals surface area contributed by atoms with Gasteiger partial charge >= 0.3 is 0 Å². The van der Waals surface area contributed by atoms with Crippen LogP contribution in [0.2, 0.25) is 0 Å². The number of aliphatic imine (C=N–C) groups is 3. The lowest BCUT2D eigenvalue weighted by Gasteiger charge is -1.90. The van der Waals surface area contributed by atoms with Crippen LogP contribution in [0.3, 0.4) is 0 Å². The van der Waals surface area contributed by atoms with Gasteiger partial charge in [-0.3, -0.25) is 0 Å². The predicted molar refractivity (Wildman–Crippen MR) is 101 cm³/mol. The quantitative estimate of drug-likeness (QED) is 0.445. The highest BCUT2D eigenvalue weighted by Gasteiger charge is 1.84. The summed E-state index contributed by atoms with van der Waals surface area (Å²) in [7, 11) is 0.